The fourth-order valence-corrected chi connectivity index (χ4v) is 4.81. The first kappa shape index (κ1) is 19.7. The number of hydrogen-bond donors (Lipinski definition) is 1. The van der Waals surface area contributed by atoms with Crippen molar-refractivity contribution in [2.45, 2.75) is 13.0 Å². The highest BCUT2D eigenvalue weighted by atomic mass is 32.1. The molecule has 2 aromatic heterocycles. The minimum absolute atomic E-state index is 0.213. The Morgan fingerprint density at radius 2 is 1.81 bits per heavy atom. The van der Waals surface area contributed by atoms with Gasteiger partial charge in [0, 0.05) is 41.7 Å². The molecule has 0 amide bonds. The van der Waals surface area contributed by atoms with Crippen LogP contribution < -0.4 is 0 Å². The summed E-state index contributed by atoms with van der Waals surface area (Å²) in [6.07, 6.45) is 4.84. The molecular weight excluding hydrogens is 406 g/mol. The van der Waals surface area contributed by atoms with E-state index in [4.69, 9.17) is 5.11 Å². The SMILES string of the molecule is O=C(O)C1CN(Cc2cc(-n3cnc(-c4ccc(Cc5ccccc5)cc4)c3)cs2)C1. The van der Waals surface area contributed by atoms with Crippen LogP contribution in [0.15, 0.2) is 78.6 Å². The Bertz CT molecular complexity index is 1170. The molecule has 1 fully saturated rings. The molecule has 156 valence electrons. The van der Waals surface area contributed by atoms with E-state index in [0.717, 1.165) is 29.9 Å². The van der Waals surface area contributed by atoms with Crippen LogP contribution in [0, 0.1) is 5.92 Å². The summed E-state index contributed by atoms with van der Waals surface area (Å²) in [6.45, 7) is 2.08. The third-order valence-electron chi connectivity index (χ3n) is 5.71. The zero-order valence-corrected chi connectivity index (χ0v) is 17.8. The molecule has 0 saturated carbocycles. The third-order valence-corrected chi connectivity index (χ3v) is 6.62. The first-order chi connectivity index (χ1) is 15.1. The van der Waals surface area contributed by atoms with Crippen molar-refractivity contribution < 1.29 is 9.90 Å². The van der Waals surface area contributed by atoms with E-state index in [0.29, 0.717) is 13.1 Å². The first-order valence-corrected chi connectivity index (χ1v) is 11.2. The second-order valence-corrected chi connectivity index (χ2v) is 9.02. The van der Waals surface area contributed by atoms with E-state index in [1.165, 1.54) is 16.0 Å². The number of benzene rings is 2. The summed E-state index contributed by atoms with van der Waals surface area (Å²) in [7, 11) is 0. The molecule has 5 rings (SSSR count). The lowest BCUT2D eigenvalue weighted by atomic mass is 10.0. The van der Waals surface area contributed by atoms with Crippen molar-refractivity contribution in [2.75, 3.05) is 13.1 Å². The number of likely N-dealkylation sites (tertiary alicyclic amines) is 1. The summed E-state index contributed by atoms with van der Waals surface area (Å²) >= 11 is 1.70. The van der Waals surface area contributed by atoms with Crippen molar-refractivity contribution >= 4 is 17.3 Å². The average Bonchev–Trinajstić information content (AvgIpc) is 3.41. The Balaban J connectivity index is 1.23. The molecular formula is C25H23N3O2S. The van der Waals surface area contributed by atoms with Crippen LogP contribution in [0.5, 0.6) is 0 Å². The largest absolute Gasteiger partial charge is 0.481 e. The molecule has 31 heavy (non-hydrogen) atoms. The van der Waals surface area contributed by atoms with Gasteiger partial charge < -0.3 is 9.67 Å². The van der Waals surface area contributed by atoms with Gasteiger partial charge in [0.25, 0.3) is 0 Å². The van der Waals surface area contributed by atoms with E-state index in [1.807, 2.05) is 17.0 Å². The van der Waals surface area contributed by atoms with Gasteiger partial charge in [0.15, 0.2) is 0 Å². The van der Waals surface area contributed by atoms with Gasteiger partial charge in [-0.05, 0) is 23.6 Å². The number of hydrogen-bond acceptors (Lipinski definition) is 4. The Kier molecular flexibility index (Phi) is 5.40. The fourth-order valence-electron chi connectivity index (χ4n) is 3.90. The number of carbonyl (C=O) groups is 1. The van der Waals surface area contributed by atoms with Gasteiger partial charge in [-0.1, -0.05) is 54.6 Å². The molecule has 1 saturated heterocycles. The number of aromatic nitrogens is 2. The van der Waals surface area contributed by atoms with Crippen LogP contribution in [0.4, 0.5) is 0 Å². The molecule has 4 aromatic rings. The van der Waals surface area contributed by atoms with E-state index in [-0.39, 0.29) is 5.92 Å². The topological polar surface area (TPSA) is 58.4 Å². The fraction of sp³-hybridized carbons (Fsp3) is 0.200. The zero-order chi connectivity index (χ0) is 21.2. The van der Waals surface area contributed by atoms with E-state index < -0.39 is 5.97 Å². The number of nitrogens with zero attached hydrogens (tertiary/aromatic N) is 3. The lowest BCUT2D eigenvalue weighted by Gasteiger charge is -2.36. The van der Waals surface area contributed by atoms with Gasteiger partial charge in [0.1, 0.15) is 0 Å². The van der Waals surface area contributed by atoms with Gasteiger partial charge >= 0.3 is 5.97 Å². The van der Waals surface area contributed by atoms with Crippen molar-refractivity contribution in [1.29, 1.82) is 0 Å². The quantitative estimate of drug-likeness (QED) is 0.462. The Labute approximate surface area is 185 Å². The lowest BCUT2D eigenvalue weighted by Crippen LogP contribution is -2.49. The molecule has 1 N–H and O–H groups in total. The molecule has 6 heteroatoms. The van der Waals surface area contributed by atoms with Crippen LogP contribution >= 0.6 is 11.3 Å². The highest BCUT2D eigenvalue weighted by Crippen LogP contribution is 2.26. The standard InChI is InChI=1S/C25H23N3O2S/c29-25(30)21-12-27(13-21)14-23-11-22(16-31-23)28-15-24(26-17-28)20-8-6-19(7-9-20)10-18-4-2-1-3-5-18/h1-9,11,15-17,21H,10,12-14H2,(H,29,30). The number of thiophene rings is 1. The predicted molar refractivity (Wildman–Crippen MR) is 123 cm³/mol. The summed E-state index contributed by atoms with van der Waals surface area (Å²) < 4.78 is 2.05. The van der Waals surface area contributed by atoms with Crippen molar-refractivity contribution in [3.63, 3.8) is 0 Å². The number of carboxylic acid groups (broad SMARTS) is 1. The molecule has 0 atom stereocenters. The molecule has 3 heterocycles. The van der Waals surface area contributed by atoms with Gasteiger partial charge in [-0.25, -0.2) is 4.98 Å². The second-order valence-electron chi connectivity index (χ2n) is 8.03. The number of imidazole rings is 1. The maximum absolute atomic E-state index is 11.0. The first-order valence-electron chi connectivity index (χ1n) is 10.3. The highest BCUT2D eigenvalue weighted by molar-refractivity contribution is 7.10. The average molecular weight is 430 g/mol. The molecule has 1 aliphatic rings. The smallest absolute Gasteiger partial charge is 0.309 e. The van der Waals surface area contributed by atoms with Gasteiger partial charge in [0.05, 0.1) is 23.6 Å². The highest BCUT2D eigenvalue weighted by Gasteiger charge is 2.32. The molecule has 1 aliphatic heterocycles. The Morgan fingerprint density at radius 1 is 1.06 bits per heavy atom. The predicted octanol–water partition coefficient (Wildman–Crippen LogP) is 4.71. The normalized spacial score (nSPS) is 14.5. The van der Waals surface area contributed by atoms with E-state index >= 15 is 0 Å². The van der Waals surface area contributed by atoms with E-state index in [1.54, 1.807) is 11.3 Å². The molecule has 5 nitrogen and oxygen atoms in total. The van der Waals surface area contributed by atoms with Crippen molar-refractivity contribution in [3.8, 4) is 16.9 Å². The van der Waals surface area contributed by atoms with Gasteiger partial charge in [0.2, 0.25) is 0 Å². The van der Waals surface area contributed by atoms with E-state index in [2.05, 4.69) is 76.1 Å². The number of aliphatic carboxylic acids is 1. The minimum atomic E-state index is -0.692. The number of carboxylic acids is 1. The van der Waals surface area contributed by atoms with Crippen LogP contribution in [0.25, 0.3) is 16.9 Å². The molecule has 0 bridgehead atoms. The van der Waals surface area contributed by atoms with Crippen LogP contribution in [0.2, 0.25) is 0 Å². The molecule has 0 radical (unpaired) electrons. The van der Waals surface area contributed by atoms with Gasteiger partial charge in [-0.15, -0.1) is 11.3 Å². The zero-order valence-electron chi connectivity index (χ0n) is 17.0. The van der Waals surface area contributed by atoms with Crippen molar-refractivity contribution in [2.24, 2.45) is 5.92 Å². The summed E-state index contributed by atoms with van der Waals surface area (Å²) in [5.41, 5.74) is 5.74. The third kappa shape index (κ3) is 4.45. The van der Waals surface area contributed by atoms with Crippen LogP contribution in [-0.2, 0) is 17.8 Å². The molecule has 0 spiro atoms. The van der Waals surface area contributed by atoms with Crippen LogP contribution in [0.3, 0.4) is 0 Å². The maximum atomic E-state index is 11.0. The Hall–Kier alpha value is -3.22. The van der Waals surface area contributed by atoms with E-state index in [9.17, 15) is 4.79 Å². The second kappa shape index (κ2) is 8.49. The van der Waals surface area contributed by atoms with Gasteiger partial charge in [-0.2, -0.15) is 0 Å². The molecule has 2 aromatic carbocycles. The summed E-state index contributed by atoms with van der Waals surface area (Å²) in [5.74, 6) is -0.906. The summed E-state index contributed by atoms with van der Waals surface area (Å²) in [5, 5.41) is 11.1. The van der Waals surface area contributed by atoms with Crippen LogP contribution in [-0.4, -0.2) is 38.6 Å². The van der Waals surface area contributed by atoms with Crippen molar-refractivity contribution in [3.05, 3.63) is 94.6 Å². The monoisotopic (exact) mass is 429 g/mol. The van der Waals surface area contributed by atoms with Crippen molar-refractivity contribution in [1.82, 2.24) is 14.5 Å². The number of rotatable bonds is 7. The Morgan fingerprint density at radius 3 is 2.55 bits per heavy atom. The lowest BCUT2D eigenvalue weighted by molar-refractivity contribution is -0.147. The maximum Gasteiger partial charge on any atom is 0.309 e. The van der Waals surface area contributed by atoms with Crippen LogP contribution in [0.1, 0.15) is 16.0 Å². The minimum Gasteiger partial charge on any atom is -0.481 e. The molecule has 0 aliphatic carbocycles. The summed E-state index contributed by atoms with van der Waals surface area (Å²) in [6, 6.07) is 21.2. The summed E-state index contributed by atoms with van der Waals surface area (Å²) in [4.78, 5) is 19.0. The molecule has 0 unspecified atom stereocenters. The van der Waals surface area contributed by atoms with Gasteiger partial charge in [-0.3, -0.25) is 9.69 Å².